The Morgan fingerprint density at radius 1 is 1.10 bits per heavy atom. The number of hydrogen-bond donors (Lipinski definition) is 0. The van der Waals surface area contributed by atoms with Gasteiger partial charge in [0.25, 0.3) is 0 Å². The minimum Gasteiger partial charge on any atom is -0.256 e. The SMILES string of the molecule is CCCCc1ccc(-c2ccccn2)c(C(C)CC)c1. The van der Waals surface area contributed by atoms with Gasteiger partial charge in [-0.15, -0.1) is 0 Å². The molecule has 1 heterocycles. The Kier molecular flexibility index (Phi) is 5.34. The third-order valence-corrected chi connectivity index (χ3v) is 4.02. The van der Waals surface area contributed by atoms with Crippen LogP contribution in [-0.4, -0.2) is 4.98 Å². The second kappa shape index (κ2) is 7.23. The van der Waals surface area contributed by atoms with E-state index < -0.39 is 0 Å². The summed E-state index contributed by atoms with van der Waals surface area (Å²) < 4.78 is 0. The van der Waals surface area contributed by atoms with Gasteiger partial charge in [0.1, 0.15) is 0 Å². The van der Waals surface area contributed by atoms with E-state index >= 15 is 0 Å². The number of aromatic nitrogens is 1. The fourth-order valence-electron chi connectivity index (χ4n) is 2.53. The maximum atomic E-state index is 4.52. The molecule has 0 spiro atoms. The number of benzene rings is 1. The van der Waals surface area contributed by atoms with Crippen molar-refractivity contribution < 1.29 is 0 Å². The van der Waals surface area contributed by atoms with Gasteiger partial charge in [-0.25, -0.2) is 0 Å². The van der Waals surface area contributed by atoms with Crippen LogP contribution in [-0.2, 0) is 6.42 Å². The van der Waals surface area contributed by atoms with E-state index in [1.807, 2.05) is 12.3 Å². The molecule has 0 bridgehead atoms. The van der Waals surface area contributed by atoms with Crippen LogP contribution in [0.1, 0.15) is 57.1 Å². The molecule has 20 heavy (non-hydrogen) atoms. The zero-order chi connectivity index (χ0) is 14.4. The Labute approximate surface area is 123 Å². The fourth-order valence-corrected chi connectivity index (χ4v) is 2.53. The normalized spacial score (nSPS) is 12.3. The maximum absolute atomic E-state index is 4.52. The second-order valence-electron chi connectivity index (χ2n) is 5.55. The van der Waals surface area contributed by atoms with Crippen LogP contribution in [0.3, 0.4) is 0 Å². The molecule has 0 aliphatic rings. The standard InChI is InChI=1S/C19H25N/c1-4-6-9-16-11-12-17(18(14-16)15(3)5-2)19-10-7-8-13-20-19/h7-8,10-15H,4-6,9H2,1-3H3. The van der Waals surface area contributed by atoms with E-state index in [9.17, 15) is 0 Å². The molecule has 1 heteroatoms. The lowest BCUT2D eigenvalue weighted by molar-refractivity contribution is 0.730. The number of nitrogens with zero attached hydrogens (tertiary/aromatic N) is 1. The van der Waals surface area contributed by atoms with Gasteiger partial charge >= 0.3 is 0 Å². The van der Waals surface area contributed by atoms with Gasteiger partial charge in [0.15, 0.2) is 0 Å². The summed E-state index contributed by atoms with van der Waals surface area (Å²) in [4.78, 5) is 4.52. The van der Waals surface area contributed by atoms with Crippen molar-refractivity contribution in [1.29, 1.82) is 0 Å². The Hall–Kier alpha value is -1.63. The van der Waals surface area contributed by atoms with E-state index in [1.165, 1.54) is 36.0 Å². The summed E-state index contributed by atoms with van der Waals surface area (Å²) in [7, 11) is 0. The molecule has 0 saturated heterocycles. The Morgan fingerprint density at radius 2 is 1.95 bits per heavy atom. The third-order valence-electron chi connectivity index (χ3n) is 4.02. The summed E-state index contributed by atoms with van der Waals surface area (Å²) in [5, 5.41) is 0. The maximum Gasteiger partial charge on any atom is 0.0704 e. The molecule has 0 aliphatic heterocycles. The van der Waals surface area contributed by atoms with Gasteiger partial charge < -0.3 is 0 Å². The highest BCUT2D eigenvalue weighted by molar-refractivity contribution is 5.65. The van der Waals surface area contributed by atoms with Gasteiger partial charge in [-0.2, -0.15) is 0 Å². The fraction of sp³-hybridized carbons (Fsp3) is 0.421. The van der Waals surface area contributed by atoms with Crippen LogP contribution in [0.15, 0.2) is 42.6 Å². The number of hydrogen-bond acceptors (Lipinski definition) is 1. The smallest absolute Gasteiger partial charge is 0.0704 e. The second-order valence-corrected chi connectivity index (χ2v) is 5.55. The van der Waals surface area contributed by atoms with Crippen LogP contribution < -0.4 is 0 Å². The topological polar surface area (TPSA) is 12.9 Å². The molecular formula is C19H25N. The first-order chi connectivity index (χ1) is 9.76. The molecule has 0 saturated carbocycles. The highest BCUT2D eigenvalue weighted by atomic mass is 14.7. The Bertz CT molecular complexity index is 531. The quantitative estimate of drug-likeness (QED) is 0.663. The molecule has 1 aromatic carbocycles. The molecule has 0 radical (unpaired) electrons. The van der Waals surface area contributed by atoms with Gasteiger partial charge in [0.2, 0.25) is 0 Å². The number of pyridine rings is 1. The van der Waals surface area contributed by atoms with E-state index in [0.29, 0.717) is 5.92 Å². The molecule has 0 aliphatic carbocycles. The van der Waals surface area contributed by atoms with Crippen LogP contribution in [0.5, 0.6) is 0 Å². The van der Waals surface area contributed by atoms with E-state index in [1.54, 1.807) is 0 Å². The molecule has 0 N–H and O–H groups in total. The summed E-state index contributed by atoms with van der Waals surface area (Å²) in [6.45, 7) is 6.81. The molecule has 106 valence electrons. The summed E-state index contributed by atoms with van der Waals surface area (Å²) in [5.41, 5.74) is 5.28. The minimum atomic E-state index is 0.577. The van der Waals surface area contributed by atoms with Gasteiger partial charge in [0, 0.05) is 11.8 Å². The molecule has 1 atom stereocenters. The lowest BCUT2D eigenvalue weighted by atomic mass is 9.89. The summed E-state index contributed by atoms with van der Waals surface area (Å²) in [5.74, 6) is 0.577. The lowest BCUT2D eigenvalue weighted by Crippen LogP contribution is -1.98. The van der Waals surface area contributed by atoms with Crippen LogP contribution in [0.4, 0.5) is 0 Å². The van der Waals surface area contributed by atoms with Crippen molar-refractivity contribution in [1.82, 2.24) is 4.98 Å². The molecule has 0 fully saturated rings. The largest absolute Gasteiger partial charge is 0.256 e. The molecule has 1 aromatic heterocycles. The molecule has 2 rings (SSSR count). The van der Waals surface area contributed by atoms with Gasteiger partial charge in [0.05, 0.1) is 5.69 Å². The van der Waals surface area contributed by atoms with Crippen molar-refractivity contribution in [2.75, 3.05) is 0 Å². The highest BCUT2D eigenvalue weighted by Gasteiger charge is 2.12. The average molecular weight is 267 g/mol. The van der Waals surface area contributed by atoms with Crippen molar-refractivity contribution in [2.24, 2.45) is 0 Å². The lowest BCUT2D eigenvalue weighted by Gasteiger charge is -2.16. The number of aryl methyl sites for hydroxylation is 1. The Morgan fingerprint density at radius 3 is 2.60 bits per heavy atom. The van der Waals surface area contributed by atoms with Crippen molar-refractivity contribution in [3.05, 3.63) is 53.7 Å². The van der Waals surface area contributed by atoms with Crippen molar-refractivity contribution in [2.45, 2.75) is 52.4 Å². The summed E-state index contributed by atoms with van der Waals surface area (Å²) >= 11 is 0. The average Bonchev–Trinajstić information content (AvgIpc) is 2.52. The van der Waals surface area contributed by atoms with Gasteiger partial charge in [-0.3, -0.25) is 4.98 Å². The number of unbranched alkanes of at least 4 members (excludes halogenated alkanes) is 1. The van der Waals surface area contributed by atoms with Crippen LogP contribution in [0, 0.1) is 0 Å². The zero-order valence-corrected chi connectivity index (χ0v) is 12.9. The first kappa shape index (κ1) is 14.8. The predicted molar refractivity (Wildman–Crippen MR) is 87.0 cm³/mol. The van der Waals surface area contributed by atoms with Crippen molar-refractivity contribution in [3.8, 4) is 11.3 Å². The third kappa shape index (κ3) is 3.47. The summed E-state index contributed by atoms with van der Waals surface area (Å²) in [6.07, 6.45) is 6.74. The van der Waals surface area contributed by atoms with Crippen LogP contribution in [0.2, 0.25) is 0 Å². The van der Waals surface area contributed by atoms with Crippen molar-refractivity contribution in [3.63, 3.8) is 0 Å². The van der Waals surface area contributed by atoms with E-state index in [2.05, 4.69) is 56.1 Å². The molecule has 1 nitrogen and oxygen atoms in total. The highest BCUT2D eigenvalue weighted by Crippen LogP contribution is 2.31. The first-order valence-electron chi connectivity index (χ1n) is 7.80. The Balaban J connectivity index is 2.40. The van der Waals surface area contributed by atoms with Gasteiger partial charge in [-0.05, 0) is 48.4 Å². The zero-order valence-electron chi connectivity index (χ0n) is 12.9. The first-order valence-corrected chi connectivity index (χ1v) is 7.80. The van der Waals surface area contributed by atoms with E-state index in [4.69, 9.17) is 0 Å². The summed E-state index contributed by atoms with van der Waals surface area (Å²) in [6, 6.07) is 13.1. The minimum absolute atomic E-state index is 0.577. The molecule has 0 amide bonds. The van der Waals surface area contributed by atoms with Crippen LogP contribution in [0.25, 0.3) is 11.3 Å². The predicted octanol–water partition coefficient (Wildman–Crippen LogP) is 5.60. The van der Waals surface area contributed by atoms with Gasteiger partial charge in [-0.1, -0.05) is 51.5 Å². The van der Waals surface area contributed by atoms with E-state index in [0.717, 1.165) is 12.1 Å². The monoisotopic (exact) mass is 267 g/mol. The van der Waals surface area contributed by atoms with E-state index in [-0.39, 0.29) is 0 Å². The van der Waals surface area contributed by atoms with Crippen LogP contribution >= 0.6 is 0 Å². The number of rotatable bonds is 6. The molecular weight excluding hydrogens is 242 g/mol. The molecule has 1 unspecified atom stereocenters. The van der Waals surface area contributed by atoms with Crippen molar-refractivity contribution >= 4 is 0 Å². The molecule has 2 aromatic rings.